The molecule has 0 saturated heterocycles. The molecule has 20 heavy (non-hydrogen) atoms. The largest absolute Gasteiger partial charge is 0.456 e. The van der Waals surface area contributed by atoms with Gasteiger partial charge in [0.15, 0.2) is 0 Å². The predicted molar refractivity (Wildman–Crippen MR) is 82.5 cm³/mol. The second kappa shape index (κ2) is 5.64. The van der Waals surface area contributed by atoms with Crippen molar-refractivity contribution in [2.24, 2.45) is 0 Å². The average molecular weight is 261 g/mol. The Balaban J connectivity index is 2.05. The molecule has 3 rings (SSSR count). The van der Waals surface area contributed by atoms with Gasteiger partial charge in [0, 0.05) is 17.7 Å². The van der Waals surface area contributed by atoms with Crippen molar-refractivity contribution in [2.45, 2.75) is 0 Å². The zero-order valence-electron chi connectivity index (χ0n) is 11.1. The van der Waals surface area contributed by atoms with E-state index in [0.717, 1.165) is 29.2 Å². The number of benzene rings is 2. The normalized spacial score (nSPS) is 12.2. The molecule has 0 aliphatic carbocycles. The van der Waals surface area contributed by atoms with Crippen molar-refractivity contribution in [3.8, 4) is 23.8 Å². The Morgan fingerprint density at radius 3 is 2.60 bits per heavy atom. The third-order valence-electron chi connectivity index (χ3n) is 3.24. The lowest BCUT2D eigenvalue weighted by molar-refractivity contribution is 0.481. The average Bonchev–Trinajstić information content (AvgIpc) is 2.64. The maximum absolute atomic E-state index is 6.02. The van der Waals surface area contributed by atoms with Crippen LogP contribution in [0.15, 0.2) is 48.5 Å². The molecule has 0 bridgehead atoms. The molecule has 1 heterocycles. The molecule has 0 fully saturated rings. The van der Waals surface area contributed by atoms with E-state index in [4.69, 9.17) is 11.2 Å². The first-order valence-electron chi connectivity index (χ1n) is 6.59. The van der Waals surface area contributed by atoms with Gasteiger partial charge >= 0.3 is 0 Å². The van der Waals surface area contributed by atoms with Crippen molar-refractivity contribution in [3.05, 3.63) is 59.7 Å². The summed E-state index contributed by atoms with van der Waals surface area (Å²) in [6.45, 7) is 1.28. The number of hydrogen-bond donors (Lipinski definition) is 1. The third kappa shape index (κ3) is 2.45. The number of terminal acetylenes is 1. The van der Waals surface area contributed by atoms with E-state index in [1.807, 2.05) is 36.4 Å². The Morgan fingerprint density at radius 2 is 1.75 bits per heavy atom. The van der Waals surface area contributed by atoms with Crippen LogP contribution >= 0.6 is 0 Å². The molecule has 0 spiro atoms. The molecule has 0 aromatic heterocycles. The molecule has 2 heteroatoms. The molecule has 1 N–H and O–H groups in total. The summed E-state index contributed by atoms with van der Waals surface area (Å²) < 4.78 is 6.02. The molecular formula is C18H15NO. The number of rotatable bonds is 3. The minimum atomic E-state index is 0.558. The van der Waals surface area contributed by atoms with Crippen LogP contribution in [0.5, 0.6) is 11.5 Å². The van der Waals surface area contributed by atoms with Crippen LogP contribution in [-0.4, -0.2) is 13.1 Å². The number of nitrogens with one attached hydrogen (secondary N) is 1. The van der Waals surface area contributed by atoms with Crippen molar-refractivity contribution in [1.82, 2.24) is 5.32 Å². The molecule has 98 valence electrons. The fraction of sp³-hybridized carbons (Fsp3) is 0.111. The smallest absolute Gasteiger partial charge is 0.135 e. The van der Waals surface area contributed by atoms with Crippen molar-refractivity contribution in [1.29, 1.82) is 0 Å². The Hall–Kier alpha value is -2.50. The second-order valence-corrected chi connectivity index (χ2v) is 4.61. The summed E-state index contributed by atoms with van der Waals surface area (Å²) in [4.78, 5) is 0. The summed E-state index contributed by atoms with van der Waals surface area (Å²) >= 11 is 0. The third-order valence-corrected chi connectivity index (χ3v) is 3.24. The van der Waals surface area contributed by atoms with E-state index < -0.39 is 0 Å². The standard InChI is InChI=1S/C18H15NO/c1-2-11-19-13-15-12-14-7-3-5-9-17(14)20-18-10-6-4-8-16(15)18/h1,3-10,12,19H,11,13H2. The van der Waals surface area contributed by atoms with Gasteiger partial charge in [-0.2, -0.15) is 0 Å². The summed E-state index contributed by atoms with van der Waals surface area (Å²) in [7, 11) is 0. The fourth-order valence-corrected chi connectivity index (χ4v) is 2.31. The minimum absolute atomic E-state index is 0.558. The number of hydrogen-bond acceptors (Lipinski definition) is 2. The van der Waals surface area contributed by atoms with E-state index in [-0.39, 0.29) is 0 Å². The van der Waals surface area contributed by atoms with Crippen LogP contribution in [0.25, 0.3) is 11.6 Å². The van der Waals surface area contributed by atoms with Gasteiger partial charge in [0.1, 0.15) is 11.5 Å². The van der Waals surface area contributed by atoms with E-state index in [2.05, 4.69) is 29.4 Å². The van der Waals surface area contributed by atoms with Gasteiger partial charge in [0.2, 0.25) is 0 Å². The van der Waals surface area contributed by atoms with E-state index >= 15 is 0 Å². The second-order valence-electron chi connectivity index (χ2n) is 4.61. The van der Waals surface area contributed by atoms with E-state index in [0.29, 0.717) is 6.54 Å². The van der Waals surface area contributed by atoms with Gasteiger partial charge in [0.05, 0.1) is 6.54 Å². The van der Waals surface area contributed by atoms with Gasteiger partial charge < -0.3 is 10.1 Å². The number of fused-ring (bicyclic) bond motifs is 2. The molecule has 1 aliphatic heterocycles. The summed E-state index contributed by atoms with van der Waals surface area (Å²) in [6.07, 6.45) is 7.45. The minimum Gasteiger partial charge on any atom is -0.456 e. The first-order valence-corrected chi connectivity index (χ1v) is 6.59. The van der Waals surface area contributed by atoms with Crippen LogP contribution < -0.4 is 10.1 Å². The molecule has 0 atom stereocenters. The Bertz CT molecular complexity index is 695. The summed E-state index contributed by atoms with van der Waals surface area (Å²) in [5.41, 5.74) is 3.37. The van der Waals surface area contributed by atoms with Crippen molar-refractivity contribution in [3.63, 3.8) is 0 Å². The Morgan fingerprint density at radius 1 is 1.00 bits per heavy atom. The molecule has 0 unspecified atom stereocenters. The highest BCUT2D eigenvalue weighted by molar-refractivity contribution is 5.87. The van der Waals surface area contributed by atoms with Crippen molar-refractivity contribution >= 4 is 11.6 Å². The lowest BCUT2D eigenvalue weighted by atomic mass is 10.0. The summed E-state index contributed by atoms with van der Waals surface area (Å²) in [5.74, 6) is 4.36. The number of ether oxygens (including phenoxy) is 1. The Labute approximate surface area is 119 Å². The molecule has 1 aliphatic rings. The zero-order chi connectivity index (χ0) is 13.8. The predicted octanol–water partition coefficient (Wildman–Crippen LogP) is 3.56. The maximum Gasteiger partial charge on any atom is 0.135 e. The van der Waals surface area contributed by atoms with Crippen LogP contribution in [0, 0.1) is 12.3 Å². The Kier molecular flexibility index (Phi) is 3.54. The van der Waals surface area contributed by atoms with Gasteiger partial charge in [-0.1, -0.05) is 42.3 Å². The molecule has 0 amide bonds. The molecule has 2 nitrogen and oxygen atoms in total. The van der Waals surface area contributed by atoms with Crippen molar-refractivity contribution in [2.75, 3.05) is 13.1 Å². The van der Waals surface area contributed by atoms with E-state index in [1.54, 1.807) is 0 Å². The monoisotopic (exact) mass is 261 g/mol. The topological polar surface area (TPSA) is 21.3 Å². The lowest BCUT2D eigenvalue weighted by Crippen LogP contribution is -2.16. The zero-order valence-corrected chi connectivity index (χ0v) is 11.1. The van der Waals surface area contributed by atoms with Crippen LogP contribution in [0.4, 0.5) is 0 Å². The van der Waals surface area contributed by atoms with E-state index in [1.165, 1.54) is 5.57 Å². The van der Waals surface area contributed by atoms with Gasteiger partial charge in [0.25, 0.3) is 0 Å². The van der Waals surface area contributed by atoms with Crippen LogP contribution in [0.2, 0.25) is 0 Å². The summed E-state index contributed by atoms with van der Waals surface area (Å²) in [5, 5.41) is 3.24. The SMILES string of the molecule is C#CCNCC1=Cc2ccccc2Oc2ccccc21. The molecule has 0 radical (unpaired) electrons. The lowest BCUT2D eigenvalue weighted by Gasteiger charge is -2.10. The highest BCUT2D eigenvalue weighted by atomic mass is 16.5. The van der Waals surface area contributed by atoms with Crippen molar-refractivity contribution < 1.29 is 4.74 Å². The van der Waals surface area contributed by atoms with E-state index in [9.17, 15) is 0 Å². The first-order chi connectivity index (χ1) is 9.88. The van der Waals surface area contributed by atoms with Crippen LogP contribution in [-0.2, 0) is 0 Å². The maximum atomic E-state index is 6.02. The van der Waals surface area contributed by atoms with Gasteiger partial charge in [-0.25, -0.2) is 0 Å². The van der Waals surface area contributed by atoms with Gasteiger partial charge in [-0.05, 0) is 23.8 Å². The highest BCUT2D eigenvalue weighted by Gasteiger charge is 2.15. The quantitative estimate of drug-likeness (QED) is 0.674. The molecule has 2 aromatic rings. The van der Waals surface area contributed by atoms with Gasteiger partial charge in [-0.15, -0.1) is 6.42 Å². The molecule has 0 saturated carbocycles. The van der Waals surface area contributed by atoms with Crippen LogP contribution in [0.3, 0.4) is 0 Å². The molecular weight excluding hydrogens is 246 g/mol. The summed E-state index contributed by atoms with van der Waals surface area (Å²) in [6, 6.07) is 16.1. The highest BCUT2D eigenvalue weighted by Crippen LogP contribution is 2.37. The van der Waals surface area contributed by atoms with Gasteiger partial charge in [-0.3, -0.25) is 0 Å². The first kappa shape index (κ1) is 12.5. The van der Waals surface area contributed by atoms with Crippen LogP contribution in [0.1, 0.15) is 11.1 Å². The fourth-order valence-electron chi connectivity index (χ4n) is 2.31. The molecule has 2 aromatic carbocycles. The number of para-hydroxylation sites is 2.